The molecule has 0 radical (unpaired) electrons. The normalized spacial score (nSPS) is 15.8. The number of carbonyl (C=O) groups excluding carboxylic acids is 2. The smallest absolute Gasteiger partial charge is 0.303 e. The molecule has 0 saturated heterocycles. The van der Waals surface area contributed by atoms with Crippen LogP contribution in [0.2, 0.25) is 0 Å². The first-order chi connectivity index (χ1) is 12.9. The summed E-state index contributed by atoms with van der Waals surface area (Å²) in [6, 6.07) is 6.99. The van der Waals surface area contributed by atoms with E-state index in [4.69, 9.17) is 0 Å². The molecule has 1 aromatic carbocycles. The largest absolute Gasteiger partial charge is 0.481 e. The van der Waals surface area contributed by atoms with E-state index >= 15 is 0 Å². The van der Waals surface area contributed by atoms with Crippen LogP contribution in [0.25, 0.3) is 0 Å². The van der Waals surface area contributed by atoms with Gasteiger partial charge < -0.3 is 15.3 Å². The van der Waals surface area contributed by atoms with Gasteiger partial charge in [-0.15, -0.1) is 0 Å². The van der Waals surface area contributed by atoms with Crippen molar-refractivity contribution in [1.29, 1.82) is 0 Å². The Labute approximate surface area is 160 Å². The van der Waals surface area contributed by atoms with E-state index in [0.717, 1.165) is 32.1 Å². The first-order valence-electron chi connectivity index (χ1n) is 9.80. The molecule has 0 bridgehead atoms. The summed E-state index contributed by atoms with van der Waals surface area (Å²) in [5, 5.41) is 12.1. The van der Waals surface area contributed by atoms with Crippen molar-refractivity contribution >= 4 is 23.5 Å². The highest BCUT2D eigenvalue weighted by Crippen LogP contribution is 2.42. The molecule has 0 heterocycles. The maximum absolute atomic E-state index is 12.7. The predicted molar refractivity (Wildman–Crippen MR) is 105 cm³/mol. The summed E-state index contributed by atoms with van der Waals surface area (Å²) >= 11 is 0. The maximum atomic E-state index is 12.7. The van der Waals surface area contributed by atoms with Crippen LogP contribution in [-0.4, -0.2) is 40.9 Å². The van der Waals surface area contributed by atoms with Gasteiger partial charge in [-0.2, -0.15) is 0 Å². The van der Waals surface area contributed by atoms with E-state index in [1.54, 1.807) is 29.2 Å². The Morgan fingerprint density at radius 1 is 1.04 bits per heavy atom. The average molecular weight is 374 g/mol. The second-order valence-corrected chi connectivity index (χ2v) is 7.38. The third-order valence-electron chi connectivity index (χ3n) is 5.46. The van der Waals surface area contributed by atoms with E-state index in [-0.39, 0.29) is 24.7 Å². The molecule has 1 saturated carbocycles. The van der Waals surface area contributed by atoms with Gasteiger partial charge in [-0.05, 0) is 44.2 Å². The topological polar surface area (TPSA) is 86.7 Å². The van der Waals surface area contributed by atoms with Crippen LogP contribution in [0.4, 0.5) is 5.69 Å². The number of amides is 2. The summed E-state index contributed by atoms with van der Waals surface area (Å²) in [5.41, 5.74) is 0.470. The molecule has 1 fully saturated rings. The number of nitrogens with zero attached hydrogens (tertiary/aromatic N) is 1. The molecular weight excluding hydrogens is 344 g/mol. The van der Waals surface area contributed by atoms with Crippen LogP contribution in [0.3, 0.4) is 0 Å². The van der Waals surface area contributed by atoms with Gasteiger partial charge in [0.1, 0.15) is 0 Å². The molecule has 0 unspecified atom stereocenters. The van der Waals surface area contributed by atoms with Crippen molar-refractivity contribution in [3.05, 3.63) is 29.8 Å². The average Bonchev–Trinajstić information content (AvgIpc) is 2.62. The van der Waals surface area contributed by atoms with E-state index in [0.29, 0.717) is 24.3 Å². The van der Waals surface area contributed by atoms with Gasteiger partial charge in [0.15, 0.2) is 0 Å². The minimum Gasteiger partial charge on any atom is -0.481 e. The number of hydrogen-bond acceptors (Lipinski definition) is 3. The summed E-state index contributed by atoms with van der Waals surface area (Å²) in [7, 11) is 0. The molecule has 27 heavy (non-hydrogen) atoms. The monoisotopic (exact) mass is 374 g/mol. The van der Waals surface area contributed by atoms with Crippen molar-refractivity contribution in [3.8, 4) is 0 Å². The van der Waals surface area contributed by atoms with Crippen LogP contribution < -0.4 is 5.32 Å². The standard InChI is InChI=1S/C21H30N2O4/c1-3-23(4-2)20(27)16-10-6-7-11-17(16)22-18(24)14-21(15-19(25)26)12-8-5-9-13-21/h6-7,10-11H,3-5,8-9,12-15H2,1-2H3,(H,22,24)(H,25,26). The molecule has 1 aromatic rings. The molecular formula is C21H30N2O4. The predicted octanol–water partition coefficient (Wildman–Crippen LogP) is 3.92. The van der Waals surface area contributed by atoms with Gasteiger partial charge in [0, 0.05) is 19.5 Å². The zero-order valence-electron chi connectivity index (χ0n) is 16.3. The molecule has 2 amide bonds. The van der Waals surface area contributed by atoms with E-state index in [2.05, 4.69) is 5.32 Å². The number of para-hydroxylation sites is 1. The van der Waals surface area contributed by atoms with Crippen LogP contribution in [-0.2, 0) is 9.59 Å². The molecule has 0 aromatic heterocycles. The van der Waals surface area contributed by atoms with E-state index < -0.39 is 11.4 Å². The highest BCUT2D eigenvalue weighted by Gasteiger charge is 2.36. The Bertz CT molecular complexity index is 677. The van der Waals surface area contributed by atoms with Crippen LogP contribution >= 0.6 is 0 Å². The first-order valence-corrected chi connectivity index (χ1v) is 9.80. The molecule has 6 heteroatoms. The van der Waals surface area contributed by atoms with Crippen molar-refractivity contribution in [2.75, 3.05) is 18.4 Å². The molecule has 2 rings (SSSR count). The van der Waals surface area contributed by atoms with E-state index in [9.17, 15) is 19.5 Å². The van der Waals surface area contributed by atoms with Gasteiger partial charge in [0.25, 0.3) is 5.91 Å². The van der Waals surface area contributed by atoms with Crippen LogP contribution in [0.5, 0.6) is 0 Å². The molecule has 2 N–H and O–H groups in total. The highest BCUT2D eigenvalue weighted by molar-refractivity contribution is 6.03. The van der Waals surface area contributed by atoms with Crippen LogP contribution in [0.1, 0.15) is 69.2 Å². The summed E-state index contributed by atoms with van der Waals surface area (Å²) in [6.45, 7) is 5.03. The van der Waals surface area contributed by atoms with Crippen molar-refractivity contribution in [1.82, 2.24) is 4.90 Å². The fourth-order valence-electron chi connectivity index (χ4n) is 4.03. The quantitative estimate of drug-likeness (QED) is 0.722. The zero-order valence-corrected chi connectivity index (χ0v) is 16.3. The molecule has 148 valence electrons. The Morgan fingerprint density at radius 3 is 2.26 bits per heavy atom. The highest BCUT2D eigenvalue weighted by atomic mass is 16.4. The van der Waals surface area contributed by atoms with Gasteiger partial charge >= 0.3 is 5.97 Å². The number of benzene rings is 1. The van der Waals surface area contributed by atoms with Crippen molar-refractivity contribution in [2.45, 2.75) is 58.8 Å². The fraction of sp³-hybridized carbons (Fsp3) is 0.571. The Balaban J connectivity index is 2.15. The molecule has 6 nitrogen and oxygen atoms in total. The third kappa shape index (κ3) is 5.55. The van der Waals surface area contributed by atoms with Crippen LogP contribution in [0, 0.1) is 5.41 Å². The lowest BCUT2D eigenvalue weighted by molar-refractivity contribution is -0.140. The fourth-order valence-corrected chi connectivity index (χ4v) is 4.03. The lowest BCUT2D eigenvalue weighted by atomic mass is 9.69. The number of carboxylic acid groups (broad SMARTS) is 1. The summed E-state index contributed by atoms with van der Waals surface area (Å²) in [4.78, 5) is 38.4. The van der Waals surface area contributed by atoms with Crippen molar-refractivity contribution in [2.24, 2.45) is 5.41 Å². The second kappa shape index (κ2) is 9.53. The lowest BCUT2D eigenvalue weighted by Crippen LogP contribution is -2.33. The summed E-state index contributed by atoms with van der Waals surface area (Å²) in [6.07, 6.45) is 4.70. The minimum absolute atomic E-state index is 0.0143. The van der Waals surface area contributed by atoms with E-state index in [1.165, 1.54) is 0 Å². The number of carboxylic acids is 1. The molecule has 1 aliphatic carbocycles. The number of anilines is 1. The second-order valence-electron chi connectivity index (χ2n) is 7.38. The summed E-state index contributed by atoms with van der Waals surface area (Å²) in [5.74, 6) is -1.20. The Morgan fingerprint density at radius 2 is 1.67 bits per heavy atom. The number of carbonyl (C=O) groups is 3. The molecule has 0 spiro atoms. The van der Waals surface area contributed by atoms with Gasteiger partial charge in [-0.25, -0.2) is 0 Å². The molecule has 1 aliphatic rings. The summed E-state index contributed by atoms with van der Waals surface area (Å²) < 4.78 is 0. The first kappa shape index (κ1) is 20.9. The van der Waals surface area contributed by atoms with Gasteiger partial charge in [-0.1, -0.05) is 31.4 Å². The van der Waals surface area contributed by atoms with Gasteiger partial charge in [0.05, 0.1) is 17.7 Å². The third-order valence-corrected chi connectivity index (χ3v) is 5.46. The number of nitrogens with one attached hydrogen (secondary N) is 1. The molecule has 0 aliphatic heterocycles. The van der Waals surface area contributed by atoms with Crippen LogP contribution in [0.15, 0.2) is 24.3 Å². The molecule has 0 atom stereocenters. The van der Waals surface area contributed by atoms with Gasteiger partial charge in [-0.3, -0.25) is 14.4 Å². The SMILES string of the molecule is CCN(CC)C(=O)c1ccccc1NC(=O)CC1(CC(=O)O)CCCCC1. The minimum atomic E-state index is -0.859. The number of hydrogen-bond donors (Lipinski definition) is 2. The van der Waals surface area contributed by atoms with Crippen molar-refractivity contribution in [3.63, 3.8) is 0 Å². The lowest BCUT2D eigenvalue weighted by Gasteiger charge is -2.35. The van der Waals surface area contributed by atoms with Gasteiger partial charge in [0.2, 0.25) is 5.91 Å². The zero-order chi connectivity index (χ0) is 19.9. The number of aliphatic carboxylic acids is 1. The Kier molecular flexibility index (Phi) is 7.39. The van der Waals surface area contributed by atoms with Crippen molar-refractivity contribution < 1.29 is 19.5 Å². The maximum Gasteiger partial charge on any atom is 0.303 e. The Hall–Kier alpha value is -2.37. The number of rotatable bonds is 8. The van der Waals surface area contributed by atoms with E-state index in [1.807, 2.05) is 13.8 Å².